The van der Waals surface area contributed by atoms with Crippen molar-refractivity contribution in [2.45, 2.75) is 12.8 Å². The molecule has 1 aromatic heterocycles. The van der Waals surface area contributed by atoms with Gasteiger partial charge >= 0.3 is 6.09 Å². The van der Waals surface area contributed by atoms with Crippen LogP contribution in [0, 0.1) is 5.92 Å². The number of piperidine rings is 1. The summed E-state index contributed by atoms with van der Waals surface area (Å²) in [7, 11) is 0. The highest BCUT2D eigenvalue weighted by Crippen LogP contribution is 2.17. The monoisotopic (exact) mass is 235 g/mol. The molecule has 0 aliphatic carbocycles. The minimum absolute atomic E-state index is 0.535. The van der Waals surface area contributed by atoms with Crippen LogP contribution in [0.4, 0.5) is 10.6 Å². The van der Waals surface area contributed by atoms with Crippen LogP contribution in [0.1, 0.15) is 12.8 Å². The first-order chi connectivity index (χ1) is 8.25. The van der Waals surface area contributed by atoms with Crippen molar-refractivity contribution in [3.05, 3.63) is 24.4 Å². The van der Waals surface area contributed by atoms with Crippen molar-refractivity contribution in [2.24, 2.45) is 5.92 Å². The summed E-state index contributed by atoms with van der Waals surface area (Å²) in [6.07, 6.45) is 2.80. The molecule has 5 heteroatoms. The molecular formula is C12H17N3O2. The molecule has 0 aromatic carbocycles. The molecule has 92 valence electrons. The van der Waals surface area contributed by atoms with E-state index in [1.54, 1.807) is 6.20 Å². The second kappa shape index (κ2) is 5.52. The Morgan fingerprint density at radius 1 is 1.47 bits per heavy atom. The van der Waals surface area contributed by atoms with Gasteiger partial charge in [0, 0.05) is 25.8 Å². The predicted octanol–water partition coefficient (Wildman–Crippen LogP) is 1.88. The van der Waals surface area contributed by atoms with Crippen LogP contribution < -0.4 is 5.32 Å². The lowest BCUT2D eigenvalue weighted by atomic mass is 9.97. The zero-order valence-electron chi connectivity index (χ0n) is 9.67. The largest absolute Gasteiger partial charge is 0.465 e. The van der Waals surface area contributed by atoms with E-state index in [0.717, 1.165) is 25.2 Å². The quantitative estimate of drug-likeness (QED) is 0.839. The number of nitrogens with one attached hydrogen (secondary N) is 1. The van der Waals surface area contributed by atoms with E-state index in [0.29, 0.717) is 19.0 Å². The molecule has 0 unspecified atom stereocenters. The Bertz CT molecular complexity index is 361. The van der Waals surface area contributed by atoms with Crippen LogP contribution in [0.3, 0.4) is 0 Å². The van der Waals surface area contributed by atoms with E-state index in [9.17, 15) is 4.79 Å². The van der Waals surface area contributed by atoms with E-state index in [-0.39, 0.29) is 0 Å². The summed E-state index contributed by atoms with van der Waals surface area (Å²) in [5.41, 5.74) is 0. The fourth-order valence-corrected chi connectivity index (χ4v) is 2.04. The summed E-state index contributed by atoms with van der Waals surface area (Å²) in [6.45, 7) is 2.15. The molecule has 17 heavy (non-hydrogen) atoms. The number of pyridine rings is 1. The van der Waals surface area contributed by atoms with Crippen molar-refractivity contribution in [3.8, 4) is 0 Å². The molecule has 5 nitrogen and oxygen atoms in total. The summed E-state index contributed by atoms with van der Waals surface area (Å²) < 4.78 is 0. The molecule has 0 spiro atoms. The van der Waals surface area contributed by atoms with Gasteiger partial charge in [0.15, 0.2) is 0 Å². The number of hydrogen-bond donors (Lipinski definition) is 2. The minimum atomic E-state index is -0.805. The van der Waals surface area contributed by atoms with Crippen molar-refractivity contribution in [3.63, 3.8) is 0 Å². The molecule has 1 amide bonds. The van der Waals surface area contributed by atoms with Gasteiger partial charge in [-0.15, -0.1) is 0 Å². The number of amides is 1. The van der Waals surface area contributed by atoms with Gasteiger partial charge in [0.2, 0.25) is 0 Å². The first-order valence-corrected chi connectivity index (χ1v) is 5.88. The van der Waals surface area contributed by atoms with Crippen LogP contribution in [-0.4, -0.2) is 40.7 Å². The van der Waals surface area contributed by atoms with Gasteiger partial charge in [0.1, 0.15) is 5.82 Å². The average Bonchev–Trinajstić information content (AvgIpc) is 2.38. The number of anilines is 1. The SMILES string of the molecule is O=C(O)N1CCC(CNc2ccccn2)CC1. The van der Waals surface area contributed by atoms with Crippen LogP contribution in [0.2, 0.25) is 0 Å². The van der Waals surface area contributed by atoms with Crippen LogP contribution in [0.15, 0.2) is 24.4 Å². The molecule has 1 aromatic rings. The van der Waals surface area contributed by atoms with E-state index in [1.807, 2.05) is 18.2 Å². The lowest BCUT2D eigenvalue weighted by Gasteiger charge is -2.30. The van der Waals surface area contributed by atoms with Crippen LogP contribution in [0.5, 0.6) is 0 Å². The average molecular weight is 235 g/mol. The van der Waals surface area contributed by atoms with Gasteiger partial charge in [0.05, 0.1) is 0 Å². The van der Waals surface area contributed by atoms with Gasteiger partial charge in [-0.3, -0.25) is 0 Å². The van der Waals surface area contributed by atoms with Crippen molar-refractivity contribution < 1.29 is 9.90 Å². The predicted molar refractivity (Wildman–Crippen MR) is 65.0 cm³/mol. The van der Waals surface area contributed by atoms with Crippen molar-refractivity contribution >= 4 is 11.9 Å². The topological polar surface area (TPSA) is 65.5 Å². The summed E-state index contributed by atoms with van der Waals surface area (Å²) in [4.78, 5) is 16.4. The zero-order valence-corrected chi connectivity index (χ0v) is 9.67. The van der Waals surface area contributed by atoms with E-state index < -0.39 is 6.09 Å². The Morgan fingerprint density at radius 3 is 2.82 bits per heavy atom. The third kappa shape index (κ3) is 3.34. The number of carboxylic acid groups (broad SMARTS) is 1. The molecule has 2 rings (SSSR count). The third-order valence-corrected chi connectivity index (χ3v) is 3.12. The number of nitrogens with zero attached hydrogens (tertiary/aromatic N) is 2. The highest BCUT2D eigenvalue weighted by atomic mass is 16.4. The molecule has 0 bridgehead atoms. The standard InChI is InChI=1S/C12H17N3O2/c16-12(17)15-7-4-10(5-8-15)9-14-11-3-1-2-6-13-11/h1-3,6,10H,4-5,7-9H2,(H,13,14)(H,16,17). The highest BCUT2D eigenvalue weighted by molar-refractivity contribution is 5.64. The van der Waals surface area contributed by atoms with Crippen molar-refractivity contribution in [1.82, 2.24) is 9.88 Å². The van der Waals surface area contributed by atoms with E-state index in [2.05, 4.69) is 10.3 Å². The number of hydrogen-bond acceptors (Lipinski definition) is 3. The Morgan fingerprint density at radius 2 is 2.24 bits per heavy atom. The number of aromatic nitrogens is 1. The van der Waals surface area contributed by atoms with E-state index >= 15 is 0 Å². The Balaban J connectivity index is 1.74. The summed E-state index contributed by atoms with van der Waals surface area (Å²) in [5, 5.41) is 12.1. The Kier molecular flexibility index (Phi) is 3.80. The molecule has 2 N–H and O–H groups in total. The molecule has 0 radical (unpaired) electrons. The third-order valence-electron chi connectivity index (χ3n) is 3.12. The lowest BCUT2D eigenvalue weighted by molar-refractivity contribution is 0.126. The molecule has 0 atom stereocenters. The Labute approximate surface area is 100 Å². The molecule has 1 aliphatic heterocycles. The number of carbonyl (C=O) groups is 1. The van der Waals surface area contributed by atoms with Gasteiger partial charge in [0.25, 0.3) is 0 Å². The maximum Gasteiger partial charge on any atom is 0.407 e. The van der Waals surface area contributed by atoms with Gasteiger partial charge in [-0.05, 0) is 30.9 Å². The molecule has 2 heterocycles. The molecule has 1 saturated heterocycles. The minimum Gasteiger partial charge on any atom is -0.465 e. The Hall–Kier alpha value is -1.78. The van der Waals surface area contributed by atoms with Crippen LogP contribution in [0.25, 0.3) is 0 Å². The summed E-state index contributed by atoms with van der Waals surface area (Å²) in [5.74, 6) is 1.42. The maximum atomic E-state index is 10.7. The van der Waals surface area contributed by atoms with E-state index in [1.165, 1.54) is 4.90 Å². The van der Waals surface area contributed by atoms with E-state index in [4.69, 9.17) is 5.11 Å². The number of rotatable bonds is 3. The molecular weight excluding hydrogens is 218 g/mol. The lowest BCUT2D eigenvalue weighted by Crippen LogP contribution is -2.39. The number of likely N-dealkylation sites (tertiary alicyclic amines) is 1. The zero-order chi connectivity index (χ0) is 12.1. The smallest absolute Gasteiger partial charge is 0.407 e. The highest BCUT2D eigenvalue weighted by Gasteiger charge is 2.21. The normalized spacial score (nSPS) is 16.8. The first-order valence-electron chi connectivity index (χ1n) is 5.88. The maximum absolute atomic E-state index is 10.7. The van der Waals surface area contributed by atoms with Crippen molar-refractivity contribution in [1.29, 1.82) is 0 Å². The molecule has 1 aliphatic rings. The van der Waals surface area contributed by atoms with Gasteiger partial charge in [-0.2, -0.15) is 0 Å². The van der Waals surface area contributed by atoms with Crippen LogP contribution in [-0.2, 0) is 0 Å². The molecule has 1 fully saturated rings. The van der Waals surface area contributed by atoms with Gasteiger partial charge in [-0.1, -0.05) is 6.07 Å². The summed E-state index contributed by atoms with van der Waals surface area (Å²) >= 11 is 0. The van der Waals surface area contributed by atoms with Gasteiger partial charge < -0.3 is 15.3 Å². The first kappa shape index (κ1) is 11.7. The second-order valence-corrected chi connectivity index (χ2v) is 4.31. The van der Waals surface area contributed by atoms with Crippen molar-refractivity contribution in [2.75, 3.05) is 25.0 Å². The fourth-order valence-electron chi connectivity index (χ4n) is 2.04. The van der Waals surface area contributed by atoms with Crippen LogP contribution >= 0.6 is 0 Å². The summed E-state index contributed by atoms with van der Waals surface area (Å²) in [6, 6.07) is 5.77. The van der Waals surface area contributed by atoms with Gasteiger partial charge in [-0.25, -0.2) is 9.78 Å². The fraction of sp³-hybridized carbons (Fsp3) is 0.500. The second-order valence-electron chi connectivity index (χ2n) is 4.31. The molecule has 0 saturated carbocycles.